The molecule has 0 amide bonds. The van der Waals surface area contributed by atoms with E-state index in [4.69, 9.17) is 16.4 Å². The molecule has 0 heterocycles. The Morgan fingerprint density at radius 1 is 0.552 bits per heavy atom. The van der Waals surface area contributed by atoms with Crippen molar-refractivity contribution in [2.45, 2.75) is 4.90 Å². The van der Waals surface area contributed by atoms with Gasteiger partial charge in [-0.2, -0.15) is 0 Å². The molecule has 4 rings (SSSR count). The molecule has 4 aromatic rings. The first-order valence-electron chi connectivity index (χ1n) is 8.96. The molecule has 0 radical (unpaired) electrons. The fourth-order valence-electron chi connectivity index (χ4n) is 2.91. The molecule has 0 aliphatic rings. The number of anilines is 1. The number of para-hydroxylation sites is 1. The van der Waals surface area contributed by atoms with Crippen LogP contribution in [0.25, 0.3) is 22.3 Å². The maximum Gasteiger partial charge on any atom is 0.261 e. The maximum atomic E-state index is 11.4. The first-order valence-corrected chi connectivity index (χ1v) is 11.3. The SMILES string of the molecule is Nc1ccccc1-c1ccccc1.O=S(=O)(Cl)c1ccccc1-c1ccccc1. The van der Waals surface area contributed by atoms with E-state index in [1.165, 1.54) is 11.6 Å². The fourth-order valence-corrected chi connectivity index (χ4v) is 4.01. The maximum absolute atomic E-state index is 11.4. The molecule has 4 aromatic carbocycles. The Balaban J connectivity index is 0.000000169. The van der Waals surface area contributed by atoms with Gasteiger partial charge in [0, 0.05) is 27.5 Å². The molecule has 0 spiro atoms. The van der Waals surface area contributed by atoms with Gasteiger partial charge in [-0.15, -0.1) is 0 Å². The average molecular weight is 422 g/mol. The normalized spacial score (nSPS) is 10.7. The molecular formula is C24H20ClNO2S. The summed E-state index contributed by atoms with van der Waals surface area (Å²) >= 11 is 0. The van der Waals surface area contributed by atoms with E-state index in [0.717, 1.165) is 16.8 Å². The lowest BCUT2D eigenvalue weighted by atomic mass is 10.0. The first kappa shape index (κ1) is 20.6. The molecule has 0 aliphatic carbocycles. The number of hydrogen-bond donors (Lipinski definition) is 1. The number of benzene rings is 4. The fraction of sp³-hybridized carbons (Fsp3) is 0. The van der Waals surface area contributed by atoms with Gasteiger partial charge in [-0.05, 0) is 23.3 Å². The summed E-state index contributed by atoms with van der Waals surface area (Å²) in [4.78, 5) is 0.142. The molecule has 0 atom stereocenters. The van der Waals surface area contributed by atoms with Crippen LogP contribution >= 0.6 is 10.7 Å². The van der Waals surface area contributed by atoms with E-state index in [2.05, 4.69) is 12.1 Å². The predicted octanol–water partition coefficient (Wildman–Crippen LogP) is 6.22. The summed E-state index contributed by atoms with van der Waals surface area (Å²) in [6.07, 6.45) is 0. The molecule has 0 saturated carbocycles. The van der Waals surface area contributed by atoms with Crippen molar-refractivity contribution >= 4 is 25.4 Å². The number of halogens is 1. The van der Waals surface area contributed by atoms with Crippen LogP contribution in [0, 0.1) is 0 Å². The van der Waals surface area contributed by atoms with Crippen molar-refractivity contribution in [2.24, 2.45) is 0 Å². The average Bonchev–Trinajstić information content (AvgIpc) is 2.75. The van der Waals surface area contributed by atoms with E-state index >= 15 is 0 Å². The van der Waals surface area contributed by atoms with Gasteiger partial charge in [-0.3, -0.25) is 0 Å². The third kappa shape index (κ3) is 5.47. The van der Waals surface area contributed by atoms with Gasteiger partial charge in [-0.1, -0.05) is 97.1 Å². The lowest BCUT2D eigenvalue weighted by Crippen LogP contribution is -1.93. The molecule has 0 bridgehead atoms. The number of nitrogens with two attached hydrogens (primary N) is 1. The van der Waals surface area contributed by atoms with Gasteiger partial charge < -0.3 is 5.73 Å². The van der Waals surface area contributed by atoms with Crippen molar-refractivity contribution in [3.8, 4) is 22.3 Å². The van der Waals surface area contributed by atoms with Crippen LogP contribution in [-0.2, 0) is 9.05 Å². The van der Waals surface area contributed by atoms with Gasteiger partial charge in [0.2, 0.25) is 0 Å². The van der Waals surface area contributed by atoms with Crippen LogP contribution in [0.2, 0.25) is 0 Å². The predicted molar refractivity (Wildman–Crippen MR) is 121 cm³/mol. The molecule has 0 unspecified atom stereocenters. The van der Waals surface area contributed by atoms with Crippen LogP contribution in [0.3, 0.4) is 0 Å². The van der Waals surface area contributed by atoms with Crippen molar-refractivity contribution in [2.75, 3.05) is 5.73 Å². The molecule has 2 N–H and O–H groups in total. The molecule has 29 heavy (non-hydrogen) atoms. The highest BCUT2D eigenvalue weighted by Gasteiger charge is 2.15. The third-order valence-electron chi connectivity index (χ3n) is 4.28. The number of rotatable bonds is 3. The Bertz CT molecular complexity index is 1180. The second kappa shape index (κ2) is 9.41. The van der Waals surface area contributed by atoms with Crippen molar-refractivity contribution in [1.29, 1.82) is 0 Å². The minimum atomic E-state index is -3.71. The molecular weight excluding hydrogens is 402 g/mol. The highest BCUT2D eigenvalue weighted by atomic mass is 35.7. The second-order valence-electron chi connectivity index (χ2n) is 6.25. The minimum absolute atomic E-state index is 0.142. The smallest absolute Gasteiger partial charge is 0.261 e. The quantitative estimate of drug-likeness (QED) is 0.315. The van der Waals surface area contributed by atoms with E-state index < -0.39 is 9.05 Å². The number of nitrogen functional groups attached to an aromatic ring is 1. The standard InChI is InChI=1S/C12H9ClO2S.C12H11N/c13-16(14,15)12-9-5-4-8-11(12)10-6-2-1-3-7-10;13-12-9-5-4-8-11(12)10-6-2-1-3-7-10/h1-9H;1-9H,13H2. The van der Waals surface area contributed by atoms with E-state index in [1.54, 1.807) is 18.2 Å². The Labute approximate surface area is 175 Å². The zero-order chi connectivity index (χ0) is 20.7. The lowest BCUT2D eigenvalue weighted by Gasteiger charge is -2.06. The second-order valence-corrected chi connectivity index (χ2v) is 8.79. The summed E-state index contributed by atoms with van der Waals surface area (Å²) in [5, 5.41) is 0. The largest absolute Gasteiger partial charge is 0.398 e. The third-order valence-corrected chi connectivity index (χ3v) is 5.66. The van der Waals surface area contributed by atoms with Crippen LogP contribution in [0.5, 0.6) is 0 Å². The summed E-state index contributed by atoms with van der Waals surface area (Å²) in [6.45, 7) is 0. The van der Waals surface area contributed by atoms with E-state index in [0.29, 0.717) is 5.56 Å². The van der Waals surface area contributed by atoms with Gasteiger partial charge in [0.1, 0.15) is 0 Å². The highest BCUT2D eigenvalue weighted by Crippen LogP contribution is 2.29. The van der Waals surface area contributed by atoms with E-state index in [-0.39, 0.29) is 4.90 Å². The van der Waals surface area contributed by atoms with Gasteiger partial charge in [0.25, 0.3) is 9.05 Å². The van der Waals surface area contributed by atoms with Crippen molar-refractivity contribution in [3.63, 3.8) is 0 Å². The molecule has 0 aromatic heterocycles. The van der Waals surface area contributed by atoms with E-state index in [1.807, 2.05) is 72.8 Å². The molecule has 0 saturated heterocycles. The summed E-state index contributed by atoms with van der Waals surface area (Å²) in [7, 11) is 1.68. The summed E-state index contributed by atoms with van der Waals surface area (Å²) in [5.74, 6) is 0. The zero-order valence-corrected chi connectivity index (χ0v) is 17.1. The molecule has 146 valence electrons. The van der Waals surface area contributed by atoms with Gasteiger partial charge in [0.15, 0.2) is 0 Å². The Hall–Kier alpha value is -3.08. The van der Waals surface area contributed by atoms with Crippen LogP contribution < -0.4 is 5.73 Å². The van der Waals surface area contributed by atoms with Crippen molar-refractivity contribution in [3.05, 3.63) is 109 Å². The first-order chi connectivity index (χ1) is 14.0. The van der Waals surface area contributed by atoms with Gasteiger partial charge in [-0.25, -0.2) is 8.42 Å². The highest BCUT2D eigenvalue weighted by molar-refractivity contribution is 8.13. The van der Waals surface area contributed by atoms with Gasteiger partial charge >= 0.3 is 0 Å². The Kier molecular flexibility index (Phi) is 6.70. The lowest BCUT2D eigenvalue weighted by molar-refractivity contribution is 0.610. The minimum Gasteiger partial charge on any atom is -0.398 e. The molecule has 5 heteroatoms. The monoisotopic (exact) mass is 421 g/mol. The Morgan fingerprint density at radius 3 is 1.48 bits per heavy atom. The molecule has 3 nitrogen and oxygen atoms in total. The number of hydrogen-bond acceptors (Lipinski definition) is 3. The summed E-state index contributed by atoms with van der Waals surface area (Å²) in [6, 6.07) is 34.0. The van der Waals surface area contributed by atoms with Crippen molar-refractivity contribution < 1.29 is 8.42 Å². The molecule has 0 fully saturated rings. The topological polar surface area (TPSA) is 60.2 Å². The summed E-state index contributed by atoms with van der Waals surface area (Å²) < 4.78 is 22.8. The molecule has 0 aliphatic heterocycles. The summed E-state index contributed by atoms with van der Waals surface area (Å²) in [5.41, 5.74) is 10.4. The van der Waals surface area contributed by atoms with Crippen LogP contribution in [0.1, 0.15) is 0 Å². The van der Waals surface area contributed by atoms with Crippen LogP contribution in [0.4, 0.5) is 5.69 Å². The van der Waals surface area contributed by atoms with Crippen molar-refractivity contribution in [1.82, 2.24) is 0 Å². The van der Waals surface area contributed by atoms with Crippen LogP contribution in [-0.4, -0.2) is 8.42 Å². The zero-order valence-electron chi connectivity index (χ0n) is 15.6. The van der Waals surface area contributed by atoms with E-state index in [9.17, 15) is 8.42 Å². The van der Waals surface area contributed by atoms with Gasteiger partial charge in [0.05, 0.1) is 4.90 Å². The van der Waals surface area contributed by atoms with Crippen LogP contribution in [0.15, 0.2) is 114 Å². The Morgan fingerprint density at radius 2 is 0.966 bits per heavy atom.